The van der Waals surface area contributed by atoms with Gasteiger partial charge in [0.25, 0.3) is 0 Å². The minimum atomic E-state index is -4.51. The summed E-state index contributed by atoms with van der Waals surface area (Å²) in [4.78, 5) is 0. The lowest BCUT2D eigenvalue weighted by Gasteiger charge is -2.28. The van der Waals surface area contributed by atoms with Crippen LogP contribution in [0.25, 0.3) is 0 Å². The molecule has 21 heavy (non-hydrogen) atoms. The Balaban J connectivity index is 2.09. The molecule has 1 fully saturated rings. The van der Waals surface area contributed by atoms with Crippen molar-refractivity contribution >= 4 is 0 Å². The largest absolute Gasteiger partial charge is 0.461 e. The molecule has 0 amide bonds. The third kappa shape index (κ3) is 4.07. The van der Waals surface area contributed by atoms with Crippen LogP contribution in [0.2, 0.25) is 0 Å². The molecule has 1 aromatic carbocycles. The fourth-order valence-corrected chi connectivity index (χ4v) is 2.33. The van der Waals surface area contributed by atoms with Crippen LogP contribution in [0.5, 0.6) is 5.75 Å². The van der Waals surface area contributed by atoms with Gasteiger partial charge < -0.3 is 15.2 Å². The molecule has 0 spiro atoms. The van der Waals surface area contributed by atoms with Crippen molar-refractivity contribution in [3.63, 3.8) is 0 Å². The second kappa shape index (κ2) is 6.62. The summed E-state index contributed by atoms with van der Waals surface area (Å²) in [6.45, 7) is 1.22. The van der Waals surface area contributed by atoms with Crippen LogP contribution < -0.4 is 10.5 Å². The van der Waals surface area contributed by atoms with E-state index in [2.05, 4.69) is 4.74 Å². The first-order valence-electron chi connectivity index (χ1n) is 6.68. The highest BCUT2D eigenvalue weighted by Gasteiger charge is 2.44. The highest BCUT2D eigenvalue weighted by molar-refractivity contribution is 5.31. The van der Waals surface area contributed by atoms with Gasteiger partial charge in [-0.15, -0.1) is 0 Å². The lowest BCUT2D eigenvalue weighted by Crippen LogP contribution is -2.33. The minimum Gasteiger partial charge on any atom is -0.428 e. The molecule has 0 unspecified atom stereocenters. The smallest absolute Gasteiger partial charge is 0.428 e. The van der Waals surface area contributed by atoms with Crippen LogP contribution in [-0.2, 0) is 4.74 Å². The molecule has 2 N–H and O–H groups in total. The van der Waals surface area contributed by atoms with Gasteiger partial charge in [0, 0.05) is 19.3 Å². The Kier molecular flexibility index (Phi) is 5.05. The molecule has 0 aromatic heterocycles. The van der Waals surface area contributed by atoms with E-state index in [0.717, 1.165) is 12.8 Å². The van der Waals surface area contributed by atoms with Crippen LogP contribution in [0.15, 0.2) is 24.3 Å². The number of hydrogen-bond acceptors (Lipinski definition) is 3. The molecule has 2 rings (SSSR count). The fraction of sp³-hybridized carbons (Fsp3) is 0.571. The van der Waals surface area contributed by atoms with Crippen molar-refractivity contribution in [1.82, 2.24) is 0 Å². The molecular formula is C14H17F4NO2. The standard InChI is InChI=1S/C14H17F4NO2/c15-13(16)14(17,18)21-11-3-1-2-10(8-11)12(19)9-4-6-20-7-5-9/h1-3,8-9,12-13H,4-7,19H2/t12-/m1/s1. The van der Waals surface area contributed by atoms with Crippen molar-refractivity contribution in [2.75, 3.05) is 13.2 Å². The topological polar surface area (TPSA) is 44.5 Å². The summed E-state index contributed by atoms with van der Waals surface area (Å²) in [5, 5.41) is 0. The van der Waals surface area contributed by atoms with Crippen molar-refractivity contribution in [2.24, 2.45) is 11.7 Å². The van der Waals surface area contributed by atoms with E-state index in [-0.39, 0.29) is 17.7 Å². The van der Waals surface area contributed by atoms with Crippen molar-refractivity contribution in [2.45, 2.75) is 31.4 Å². The maximum atomic E-state index is 12.9. The van der Waals surface area contributed by atoms with Gasteiger partial charge in [0.05, 0.1) is 0 Å². The monoisotopic (exact) mass is 307 g/mol. The van der Waals surface area contributed by atoms with Crippen LogP contribution in [0.4, 0.5) is 17.6 Å². The van der Waals surface area contributed by atoms with E-state index in [1.807, 2.05) is 0 Å². The average molecular weight is 307 g/mol. The molecule has 1 aliphatic heterocycles. The zero-order valence-corrected chi connectivity index (χ0v) is 11.3. The quantitative estimate of drug-likeness (QED) is 0.849. The summed E-state index contributed by atoms with van der Waals surface area (Å²) in [6, 6.07) is 5.27. The second-order valence-corrected chi connectivity index (χ2v) is 5.01. The number of ether oxygens (including phenoxy) is 2. The SMILES string of the molecule is N[C@@H](c1cccc(OC(F)(F)C(F)F)c1)C1CCOCC1. The number of hydrogen-bond donors (Lipinski definition) is 1. The first-order chi connectivity index (χ1) is 9.90. The van der Waals surface area contributed by atoms with E-state index >= 15 is 0 Å². The van der Waals surface area contributed by atoms with E-state index < -0.39 is 12.5 Å². The summed E-state index contributed by atoms with van der Waals surface area (Å²) >= 11 is 0. The molecule has 1 aliphatic rings. The van der Waals surface area contributed by atoms with Crippen LogP contribution in [0, 0.1) is 5.92 Å². The summed E-state index contributed by atoms with van der Waals surface area (Å²) in [6.07, 6.45) is -6.84. The third-order valence-electron chi connectivity index (χ3n) is 3.52. The molecule has 1 aromatic rings. The van der Waals surface area contributed by atoms with Gasteiger partial charge in [-0.3, -0.25) is 0 Å². The van der Waals surface area contributed by atoms with E-state index in [0.29, 0.717) is 18.8 Å². The van der Waals surface area contributed by atoms with Crippen LogP contribution in [0.1, 0.15) is 24.4 Å². The zero-order valence-electron chi connectivity index (χ0n) is 11.3. The van der Waals surface area contributed by atoms with Gasteiger partial charge in [0.1, 0.15) is 5.75 Å². The zero-order chi connectivity index (χ0) is 15.5. The predicted molar refractivity (Wildman–Crippen MR) is 68.5 cm³/mol. The first-order valence-corrected chi connectivity index (χ1v) is 6.68. The fourth-order valence-electron chi connectivity index (χ4n) is 2.33. The molecular weight excluding hydrogens is 290 g/mol. The molecule has 7 heteroatoms. The molecule has 1 atom stereocenters. The minimum absolute atomic E-state index is 0.171. The van der Waals surface area contributed by atoms with Crippen LogP contribution in [-0.4, -0.2) is 25.7 Å². The Labute approximate surface area is 120 Å². The summed E-state index contributed by atoms with van der Waals surface area (Å²) < 4.78 is 59.4. The Hall–Kier alpha value is -1.34. The van der Waals surface area contributed by atoms with Gasteiger partial charge in [0.2, 0.25) is 0 Å². The highest BCUT2D eigenvalue weighted by atomic mass is 19.3. The predicted octanol–water partition coefficient (Wildman–Crippen LogP) is 3.35. The first kappa shape index (κ1) is 16.0. The van der Waals surface area contributed by atoms with Crippen LogP contribution in [0.3, 0.4) is 0 Å². The van der Waals surface area contributed by atoms with Gasteiger partial charge in [0.15, 0.2) is 0 Å². The molecule has 118 valence electrons. The maximum absolute atomic E-state index is 12.9. The number of halogens is 4. The third-order valence-corrected chi connectivity index (χ3v) is 3.52. The normalized spacial score (nSPS) is 18.8. The number of alkyl halides is 4. The van der Waals surface area contributed by atoms with Gasteiger partial charge >= 0.3 is 12.5 Å². The number of nitrogens with two attached hydrogens (primary N) is 1. The summed E-state index contributed by atoms with van der Waals surface area (Å²) in [5.74, 6) is -0.148. The Morgan fingerprint density at radius 3 is 2.52 bits per heavy atom. The van der Waals surface area contributed by atoms with Gasteiger partial charge in [-0.05, 0) is 36.5 Å². The van der Waals surface area contributed by atoms with E-state index in [4.69, 9.17) is 10.5 Å². The lowest BCUT2D eigenvalue weighted by molar-refractivity contribution is -0.253. The van der Waals surface area contributed by atoms with Crippen LogP contribution >= 0.6 is 0 Å². The number of rotatable bonds is 5. The molecule has 0 bridgehead atoms. The Morgan fingerprint density at radius 1 is 1.24 bits per heavy atom. The van der Waals surface area contributed by atoms with Crippen molar-refractivity contribution in [3.05, 3.63) is 29.8 Å². The van der Waals surface area contributed by atoms with E-state index in [1.54, 1.807) is 6.07 Å². The van der Waals surface area contributed by atoms with Crippen molar-refractivity contribution in [1.29, 1.82) is 0 Å². The van der Waals surface area contributed by atoms with Crippen molar-refractivity contribution in [3.8, 4) is 5.75 Å². The van der Waals surface area contributed by atoms with E-state index in [1.165, 1.54) is 18.2 Å². The van der Waals surface area contributed by atoms with E-state index in [9.17, 15) is 17.6 Å². The molecule has 3 nitrogen and oxygen atoms in total. The maximum Gasteiger partial charge on any atom is 0.461 e. The molecule has 1 saturated heterocycles. The average Bonchev–Trinajstić information content (AvgIpc) is 2.47. The second-order valence-electron chi connectivity index (χ2n) is 5.01. The summed E-state index contributed by atoms with van der Waals surface area (Å²) in [5.41, 5.74) is 6.70. The molecule has 1 heterocycles. The number of benzene rings is 1. The Bertz CT molecular complexity index is 464. The Morgan fingerprint density at radius 2 is 1.90 bits per heavy atom. The summed E-state index contributed by atoms with van der Waals surface area (Å²) in [7, 11) is 0. The van der Waals surface area contributed by atoms with Gasteiger partial charge in [-0.1, -0.05) is 12.1 Å². The van der Waals surface area contributed by atoms with Crippen molar-refractivity contribution < 1.29 is 27.0 Å². The molecule has 0 aliphatic carbocycles. The highest BCUT2D eigenvalue weighted by Crippen LogP contribution is 2.32. The van der Waals surface area contributed by atoms with Gasteiger partial charge in [-0.25, -0.2) is 0 Å². The molecule has 0 radical (unpaired) electrons. The van der Waals surface area contributed by atoms with Gasteiger partial charge in [-0.2, -0.15) is 17.6 Å². The lowest BCUT2D eigenvalue weighted by atomic mass is 9.88. The molecule has 0 saturated carbocycles.